The van der Waals surface area contributed by atoms with Gasteiger partial charge in [-0.15, -0.1) is 0 Å². The summed E-state index contributed by atoms with van der Waals surface area (Å²) in [6, 6.07) is 0. The van der Waals surface area contributed by atoms with Crippen molar-refractivity contribution in [2.24, 2.45) is 0 Å². The summed E-state index contributed by atoms with van der Waals surface area (Å²) in [6.45, 7) is 2.67. The molecule has 0 aliphatic heterocycles. The fourth-order valence-corrected chi connectivity index (χ4v) is 4.36. The number of ether oxygens (including phenoxy) is 2. The molecule has 11 nitrogen and oxygen atoms in total. The van der Waals surface area contributed by atoms with Crippen molar-refractivity contribution in [3.05, 3.63) is 0 Å². The number of phosphoric ester groups is 1. The number of carbonyl (C=O) groups excluding carboxylic acids is 2. The van der Waals surface area contributed by atoms with E-state index in [0.29, 0.717) is 12.8 Å². The number of unbranched alkanes of at least 4 members (excludes halogenated alkanes) is 16. The van der Waals surface area contributed by atoms with E-state index in [1.165, 1.54) is 64.2 Å². The second-order valence-corrected chi connectivity index (χ2v) is 11.9. The van der Waals surface area contributed by atoms with Crippen molar-refractivity contribution in [2.45, 2.75) is 154 Å². The van der Waals surface area contributed by atoms with Gasteiger partial charge in [-0.2, -0.15) is 0 Å². The topological polar surface area (TPSA) is 186 Å². The third-order valence-corrected chi connectivity index (χ3v) is 7.00. The van der Waals surface area contributed by atoms with Crippen LogP contribution in [0.5, 0.6) is 0 Å². The fourth-order valence-electron chi connectivity index (χ4n) is 4.01. The monoisotopic (exact) mass is 672 g/mol. The van der Waals surface area contributed by atoms with E-state index in [1.54, 1.807) is 0 Å². The Hall–Kier alpha value is 0.930. The molecule has 0 amide bonds. The fraction of sp³-hybridized carbons (Fsp3) is 0.933. The Morgan fingerprint density at radius 1 is 0.636 bits per heavy atom. The number of aliphatic hydroxyl groups is 3. The predicted molar refractivity (Wildman–Crippen MR) is 158 cm³/mol. The summed E-state index contributed by atoms with van der Waals surface area (Å²) in [6.07, 6.45) is 18.6. The number of phosphoric acid groups is 1. The predicted octanol–water partition coefficient (Wildman–Crippen LogP) is -1.53. The van der Waals surface area contributed by atoms with Gasteiger partial charge in [0.1, 0.15) is 12.7 Å². The summed E-state index contributed by atoms with van der Waals surface area (Å²) < 4.78 is 25.5. The van der Waals surface area contributed by atoms with E-state index >= 15 is 0 Å². The van der Waals surface area contributed by atoms with Gasteiger partial charge in [-0.25, -0.2) is 0 Å². The first-order valence-corrected chi connectivity index (χ1v) is 17.5. The molecule has 1 atom stereocenters. The van der Waals surface area contributed by atoms with Crippen molar-refractivity contribution in [3.8, 4) is 0 Å². The Labute approximate surface area is 310 Å². The number of esters is 2. The normalized spacial score (nSPS) is 11.5. The molecular weight excluding hydrogens is 613 g/mol. The summed E-state index contributed by atoms with van der Waals surface area (Å²) in [7, 11) is -5.22. The van der Waals surface area contributed by atoms with Crippen molar-refractivity contribution in [1.82, 2.24) is 0 Å². The van der Waals surface area contributed by atoms with Gasteiger partial charge in [0, 0.05) is 12.8 Å². The van der Waals surface area contributed by atoms with Crippen LogP contribution in [0.15, 0.2) is 0 Å². The number of hydrogen-bond acceptors (Lipinski definition) is 11. The Morgan fingerprint density at radius 3 is 1.34 bits per heavy atom. The Kier molecular flexibility index (Phi) is 45.1. The maximum atomic E-state index is 12.1. The second-order valence-electron chi connectivity index (χ2n) is 10.7. The van der Waals surface area contributed by atoms with Crippen LogP contribution >= 0.6 is 7.82 Å². The van der Waals surface area contributed by atoms with Crippen molar-refractivity contribution in [2.75, 3.05) is 26.4 Å². The third kappa shape index (κ3) is 42.9. The van der Waals surface area contributed by atoms with Gasteiger partial charge in [-0.05, 0) is 12.8 Å². The molecule has 0 aromatic carbocycles. The molecule has 1 unspecified atom stereocenters. The number of carbonyl (C=O) groups is 2. The van der Waals surface area contributed by atoms with Crippen LogP contribution in [0.4, 0.5) is 0 Å². The zero-order valence-corrected chi connectivity index (χ0v) is 33.1. The molecule has 0 spiro atoms. The van der Waals surface area contributed by atoms with Crippen molar-refractivity contribution < 1.29 is 112 Å². The molecule has 3 N–H and O–H groups in total. The molecule has 0 aliphatic carbocycles. The molecule has 0 radical (unpaired) electrons. The van der Waals surface area contributed by atoms with Gasteiger partial charge >= 0.3 is 71.1 Å². The Morgan fingerprint density at radius 2 is 1.00 bits per heavy atom. The third-order valence-electron chi connectivity index (χ3n) is 6.54. The van der Waals surface area contributed by atoms with Gasteiger partial charge in [0.2, 0.25) is 0 Å². The van der Waals surface area contributed by atoms with E-state index < -0.39 is 38.6 Å². The summed E-state index contributed by atoms with van der Waals surface area (Å²) in [5, 5.41) is 24.0. The summed E-state index contributed by atoms with van der Waals surface area (Å²) >= 11 is 0. The van der Waals surface area contributed by atoms with Crippen molar-refractivity contribution in [3.63, 3.8) is 0 Å². The molecular formula is C30H59Na2O11P. The van der Waals surface area contributed by atoms with E-state index in [2.05, 4.69) is 18.4 Å². The molecule has 0 aliphatic rings. The second kappa shape index (κ2) is 38.4. The maximum Gasteiger partial charge on any atom is 1.00 e. The number of rotatable bonds is 28. The van der Waals surface area contributed by atoms with Crippen LogP contribution in [-0.2, 0) is 28.2 Å². The molecule has 0 aromatic rings. The summed E-state index contributed by atoms with van der Waals surface area (Å²) in [4.78, 5) is 45.8. The molecule has 0 aromatic heterocycles. The molecule has 0 saturated heterocycles. The molecule has 14 heteroatoms. The first-order chi connectivity index (χ1) is 20.1. The van der Waals surface area contributed by atoms with Crippen molar-refractivity contribution >= 4 is 19.8 Å². The molecule has 0 fully saturated rings. The van der Waals surface area contributed by atoms with Gasteiger partial charge in [0.15, 0.2) is 6.10 Å². The quantitative estimate of drug-likeness (QED) is 0.0379. The largest absolute Gasteiger partial charge is 1.00 e. The standard InChI is InChI=1S/C27H53O8P.C3H8O3.2Na/c1-3-5-7-9-11-13-15-17-19-21-26(28)33-23-25(24-34-36(30,31)32)35-27(29)22-20-18-16-14-12-10-8-6-4-2;4-1-3(6)2-5;;/h25H,3-24H2,1-2H3,(H2,30,31,32);3-6H,1-2H2;;/q;;2*+1/p-2. The van der Waals surface area contributed by atoms with Crippen LogP contribution < -0.4 is 68.9 Å². The molecule has 0 bridgehead atoms. The molecule has 44 heavy (non-hydrogen) atoms. The minimum atomic E-state index is -5.22. The molecule has 252 valence electrons. The van der Waals surface area contributed by atoms with Crippen LogP contribution in [-0.4, -0.2) is 65.9 Å². The average molecular weight is 673 g/mol. The van der Waals surface area contributed by atoms with Crippen LogP contribution in [0.3, 0.4) is 0 Å². The zero-order valence-electron chi connectivity index (χ0n) is 28.2. The minimum absolute atomic E-state index is 0. The molecule has 0 heterocycles. The van der Waals surface area contributed by atoms with E-state index in [9.17, 15) is 23.9 Å². The van der Waals surface area contributed by atoms with Crippen molar-refractivity contribution in [1.29, 1.82) is 0 Å². The van der Waals surface area contributed by atoms with E-state index in [4.69, 9.17) is 24.8 Å². The molecule has 0 saturated carbocycles. The van der Waals surface area contributed by atoms with E-state index in [1.807, 2.05) is 0 Å². The number of aliphatic hydroxyl groups excluding tert-OH is 3. The van der Waals surface area contributed by atoms with Gasteiger partial charge in [-0.1, -0.05) is 117 Å². The first-order valence-electron chi connectivity index (χ1n) is 16.0. The van der Waals surface area contributed by atoms with Gasteiger partial charge < -0.3 is 43.7 Å². The van der Waals surface area contributed by atoms with Crippen LogP contribution in [0.25, 0.3) is 0 Å². The zero-order chi connectivity index (χ0) is 31.9. The van der Waals surface area contributed by atoms with E-state index in [0.717, 1.165) is 38.5 Å². The number of hydrogen-bond donors (Lipinski definition) is 3. The Balaban J connectivity index is -0.000000901. The van der Waals surface area contributed by atoms with Gasteiger partial charge in [-0.3, -0.25) is 9.59 Å². The molecule has 0 rings (SSSR count). The summed E-state index contributed by atoms with van der Waals surface area (Å²) in [5.74, 6) is -0.960. The maximum absolute atomic E-state index is 12.1. The summed E-state index contributed by atoms with van der Waals surface area (Å²) in [5.41, 5.74) is 0. The smallest absolute Gasteiger partial charge is 0.790 e. The first kappa shape index (κ1) is 51.8. The SMILES string of the molecule is CCCCCCCCCCCC(=O)OCC(COP(=O)([O-])[O-])OC(=O)CCCCCCCCCCC.OCC(O)CO.[Na+].[Na+]. The van der Waals surface area contributed by atoms with Crippen LogP contribution in [0, 0.1) is 0 Å². The average Bonchev–Trinajstić information content (AvgIpc) is 2.96. The van der Waals surface area contributed by atoms with Crippen LogP contribution in [0.1, 0.15) is 142 Å². The van der Waals surface area contributed by atoms with Gasteiger partial charge in [0.05, 0.1) is 27.6 Å². The van der Waals surface area contributed by atoms with Gasteiger partial charge in [0.25, 0.3) is 0 Å². The van der Waals surface area contributed by atoms with E-state index in [-0.39, 0.29) is 91.8 Å². The minimum Gasteiger partial charge on any atom is -0.790 e. The van der Waals surface area contributed by atoms with Crippen LogP contribution in [0.2, 0.25) is 0 Å². The Bertz CT molecular complexity index is 665.